The van der Waals surface area contributed by atoms with Crippen LogP contribution in [0.4, 0.5) is 13.2 Å². The molecule has 0 aromatic heterocycles. The molecule has 2 aromatic rings. The summed E-state index contributed by atoms with van der Waals surface area (Å²) in [6, 6.07) is 8.69. The van der Waals surface area contributed by atoms with E-state index in [1.54, 1.807) is 6.07 Å². The molecule has 0 bridgehead atoms. The molecular weight excluding hydrogens is 249 g/mol. The molecule has 0 amide bonds. The van der Waals surface area contributed by atoms with Gasteiger partial charge in [0.25, 0.3) is 0 Å². The van der Waals surface area contributed by atoms with E-state index in [1.165, 1.54) is 18.2 Å². The van der Waals surface area contributed by atoms with Crippen LogP contribution in [0.25, 0.3) is 0 Å². The van der Waals surface area contributed by atoms with Crippen LogP contribution in [0, 0.1) is 17.5 Å². The maximum absolute atomic E-state index is 13.5. The monoisotopic (exact) mass is 256 g/mol. The first-order chi connectivity index (χ1) is 8.09. The van der Waals surface area contributed by atoms with E-state index in [-0.39, 0.29) is 11.1 Å². The molecule has 2 aromatic carbocycles. The van der Waals surface area contributed by atoms with Crippen molar-refractivity contribution in [1.82, 2.24) is 0 Å². The van der Waals surface area contributed by atoms with Crippen molar-refractivity contribution in [1.29, 1.82) is 0 Å². The zero-order chi connectivity index (χ0) is 12.4. The van der Waals surface area contributed by atoms with Crippen LogP contribution in [-0.4, -0.2) is 0 Å². The lowest BCUT2D eigenvalue weighted by molar-refractivity contribution is 0.580. The fraction of sp³-hybridized carbons (Fsp3) is 0.0769. The molecule has 4 heteroatoms. The highest BCUT2D eigenvalue weighted by Gasteiger charge is 2.18. The Bertz CT molecular complexity index is 540. The van der Waals surface area contributed by atoms with Crippen LogP contribution in [0.1, 0.15) is 16.5 Å². The Labute approximate surface area is 102 Å². The summed E-state index contributed by atoms with van der Waals surface area (Å²) in [6.45, 7) is 0. The van der Waals surface area contributed by atoms with E-state index in [9.17, 15) is 13.2 Å². The molecule has 1 atom stereocenters. The molecule has 0 aliphatic carbocycles. The summed E-state index contributed by atoms with van der Waals surface area (Å²) >= 11 is 5.97. The van der Waals surface area contributed by atoms with Gasteiger partial charge in [0, 0.05) is 11.1 Å². The smallest absolute Gasteiger partial charge is 0.128 e. The van der Waals surface area contributed by atoms with Crippen LogP contribution >= 0.6 is 11.6 Å². The van der Waals surface area contributed by atoms with Crippen LogP contribution in [0.5, 0.6) is 0 Å². The average Bonchev–Trinajstić information content (AvgIpc) is 2.32. The molecule has 0 heterocycles. The molecule has 88 valence electrons. The molecule has 0 fully saturated rings. The van der Waals surface area contributed by atoms with Crippen LogP contribution in [0.3, 0.4) is 0 Å². The van der Waals surface area contributed by atoms with Crippen molar-refractivity contribution in [3.8, 4) is 0 Å². The zero-order valence-electron chi connectivity index (χ0n) is 8.63. The molecule has 0 aliphatic rings. The first kappa shape index (κ1) is 12.0. The van der Waals surface area contributed by atoms with Gasteiger partial charge in [0.15, 0.2) is 0 Å². The van der Waals surface area contributed by atoms with Gasteiger partial charge in [-0.15, -0.1) is 11.6 Å². The minimum Gasteiger partial charge on any atom is -0.207 e. The molecule has 17 heavy (non-hydrogen) atoms. The van der Waals surface area contributed by atoms with Crippen molar-refractivity contribution in [3.05, 3.63) is 71.0 Å². The van der Waals surface area contributed by atoms with Crippen LogP contribution in [-0.2, 0) is 0 Å². The van der Waals surface area contributed by atoms with Crippen molar-refractivity contribution in [2.24, 2.45) is 0 Å². The number of hydrogen-bond donors (Lipinski definition) is 0. The predicted octanol–water partition coefficient (Wildman–Crippen LogP) is 4.43. The minimum atomic E-state index is -1.05. The number of rotatable bonds is 2. The molecule has 0 radical (unpaired) electrons. The lowest BCUT2D eigenvalue weighted by atomic mass is 10.0. The molecule has 0 saturated carbocycles. The number of halogens is 4. The zero-order valence-corrected chi connectivity index (χ0v) is 9.39. The van der Waals surface area contributed by atoms with Gasteiger partial charge in [0.1, 0.15) is 17.5 Å². The van der Waals surface area contributed by atoms with Gasteiger partial charge in [-0.3, -0.25) is 0 Å². The van der Waals surface area contributed by atoms with Crippen LogP contribution in [0.2, 0.25) is 0 Å². The lowest BCUT2D eigenvalue weighted by Gasteiger charge is -2.12. The van der Waals surface area contributed by atoms with Gasteiger partial charge >= 0.3 is 0 Å². The summed E-state index contributed by atoms with van der Waals surface area (Å²) in [5.41, 5.74) is 0.0513. The Morgan fingerprint density at radius 3 is 2.18 bits per heavy atom. The average molecular weight is 257 g/mol. The van der Waals surface area contributed by atoms with E-state index in [1.807, 2.05) is 0 Å². The first-order valence-corrected chi connectivity index (χ1v) is 5.36. The maximum atomic E-state index is 13.5. The normalized spacial score (nSPS) is 12.5. The SMILES string of the molecule is Fc1ccc(F)c(C(Cl)c2ccccc2F)c1. The highest BCUT2D eigenvalue weighted by Crippen LogP contribution is 2.32. The molecule has 0 spiro atoms. The molecular formula is C13H8ClF3. The summed E-state index contributed by atoms with van der Waals surface area (Å²) in [4.78, 5) is 0. The summed E-state index contributed by atoms with van der Waals surface area (Å²) in [6.07, 6.45) is 0. The van der Waals surface area contributed by atoms with Crippen molar-refractivity contribution >= 4 is 11.6 Å². The standard InChI is InChI=1S/C13H8ClF3/c14-13(9-3-1-2-4-11(9)16)10-7-8(15)5-6-12(10)17/h1-7,13H. The Kier molecular flexibility index (Phi) is 3.38. The third-order valence-electron chi connectivity index (χ3n) is 2.41. The van der Waals surface area contributed by atoms with Gasteiger partial charge in [-0.25, -0.2) is 13.2 Å². The van der Waals surface area contributed by atoms with Crippen molar-refractivity contribution in [2.45, 2.75) is 5.38 Å². The van der Waals surface area contributed by atoms with Crippen molar-refractivity contribution < 1.29 is 13.2 Å². The molecule has 1 unspecified atom stereocenters. The summed E-state index contributed by atoms with van der Waals surface area (Å²) < 4.78 is 39.9. The number of hydrogen-bond acceptors (Lipinski definition) is 0. The molecule has 0 N–H and O–H groups in total. The van der Waals surface area contributed by atoms with E-state index < -0.39 is 22.8 Å². The summed E-state index contributed by atoms with van der Waals surface area (Å²) in [7, 11) is 0. The van der Waals surface area contributed by atoms with Gasteiger partial charge in [-0.2, -0.15) is 0 Å². The minimum absolute atomic E-state index is 0.0724. The van der Waals surface area contributed by atoms with E-state index in [2.05, 4.69) is 0 Å². The first-order valence-electron chi connectivity index (χ1n) is 4.93. The molecule has 0 aliphatic heterocycles. The predicted molar refractivity (Wildman–Crippen MR) is 60.5 cm³/mol. The van der Waals surface area contributed by atoms with E-state index >= 15 is 0 Å². The Balaban J connectivity index is 2.47. The number of alkyl halides is 1. The van der Waals surface area contributed by atoms with Gasteiger partial charge < -0.3 is 0 Å². The molecule has 0 nitrogen and oxygen atoms in total. The molecule has 2 rings (SSSR count). The quantitative estimate of drug-likeness (QED) is 0.697. The Morgan fingerprint density at radius 1 is 0.824 bits per heavy atom. The van der Waals surface area contributed by atoms with Crippen LogP contribution in [0.15, 0.2) is 42.5 Å². The second-order valence-electron chi connectivity index (χ2n) is 3.55. The largest absolute Gasteiger partial charge is 0.207 e. The second kappa shape index (κ2) is 4.80. The van der Waals surface area contributed by atoms with Crippen molar-refractivity contribution in [3.63, 3.8) is 0 Å². The lowest BCUT2D eigenvalue weighted by Crippen LogP contribution is -2.00. The third kappa shape index (κ3) is 2.44. The Hall–Kier alpha value is -1.48. The third-order valence-corrected chi connectivity index (χ3v) is 2.88. The second-order valence-corrected chi connectivity index (χ2v) is 3.99. The summed E-state index contributed by atoms with van der Waals surface area (Å²) in [5, 5.41) is -1.05. The van der Waals surface area contributed by atoms with Crippen molar-refractivity contribution in [2.75, 3.05) is 0 Å². The topological polar surface area (TPSA) is 0 Å². The van der Waals surface area contributed by atoms with Gasteiger partial charge in [-0.05, 0) is 24.3 Å². The highest BCUT2D eigenvalue weighted by atomic mass is 35.5. The van der Waals surface area contributed by atoms with Gasteiger partial charge in [-0.1, -0.05) is 18.2 Å². The fourth-order valence-corrected chi connectivity index (χ4v) is 1.90. The van der Waals surface area contributed by atoms with Gasteiger partial charge in [0.05, 0.1) is 5.38 Å². The molecule has 0 saturated heterocycles. The van der Waals surface area contributed by atoms with E-state index in [0.717, 1.165) is 18.2 Å². The maximum Gasteiger partial charge on any atom is 0.128 e. The van der Waals surface area contributed by atoms with E-state index in [0.29, 0.717) is 0 Å². The number of benzene rings is 2. The Morgan fingerprint density at radius 2 is 1.47 bits per heavy atom. The summed E-state index contributed by atoms with van der Waals surface area (Å²) in [5.74, 6) is -1.81. The fourth-order valence-electron chi connectivity index (χ4n) is 1.56. The van der Waals surface area contributed by atoms with Gasteiger partial charge in [0.2, 0.25) is 0 Å². The highest BCUT2D eigenvalue weighted by molar-refractivity contribution is 6.22. The van der Waals surface area contributed by atoms with Crippen LogP contribution < -0.4 is 0 Å². The van der Waals surface area contributed by atoms with E-state index in [4.69, 9.17) is 11.6 Å².